The summed E-state index contributed by atoms with van der Waals surface area (Å²) in [7, 11) is 3.99. The van der Waals surface area contributed by atoms with E-state index in [9.17, 15) is 77.0 Å². The molecule has 3 aliphatic rings. The van der Waals surface area contributed by atoms with Gasteiger partial charge in [-0.3, -0.25) is 71.9 Å². The zero-order valence-corrected chi connectivity index (χ0v) is 49.1. The fourth-order valence-electron chi connectivity index (χ4n) is 7.92. The standard InChI is InChI=1S/C45H61N25O17S2/c1-65-36-22(59-62-65)4-21(46)39(81)55-11-32(77)51-7-28(73)47-5-26(71)49-9-30(75)53-13-34(79)57-24-17-89-41-38(67(3)64-61-41)44(85)70-19-68(42(36)83)18-69(20-70)43(84)37-23(60-63-66(37)2)15-88-16-25(45(86)87)58-35(80)14-54-31(76)10-50-27(72)6-48-29(74)8-52-33(78)12-56-40(24)82/h21,24-25H,4-20,46H2,1-3H3,(H,47,73)(H,48,74)(H,49,71)(H,50,72)(H,51,77)(H,52,78)(H,53,75)(H,54,76)(H,55,81)(H,56,82)(H,57,79)(H,58,80)(H,86,87)/t21-,24-,25-/m0/s1. The molecule has 44 heteroatoms. The SMILES string of the molecule is Cn1nnc2c1C(=O)N1CN3CN(C1)C(=O)c1c(nnn1C)SC[C@H](NC(=O)CNC(=O)CNC(=O)CNC(=O)CNC(=O)CNC(=O)[C@@H](N)Cc1nnn(C)c1C3=O)C(=O)NCC(=O)NCC(=O)NCC(=O)NCC(=O)NCC(=O)N[C@H](C(=O)O)CSC2. The lowest BCUT2D eigenvalue weighted by Gasteiger charge is -2.42. The molecule has 3 aromatic rings. The van der Waals surface area contributed by atoms with Crippen LogP contribution in [0.4, 0.5) is 0 Å². The summed E-state index contributed by atoms with van der Waals surface area (Å²) in [4.78, 5) is 214. The predicted octanol–water partition coefficient (Wildman–Crippen LogP) is -12.9. The van der Waals surface area contributed by atoms with E-state index in [0.717, 1.165) is 40.5 Å². The summed E-state index contributed by atoms with van der Waals surface area (Å²) in [5.41, 5.74) is 5.24. The molecule has 0 aromatic carbocycles. The van der Waals surface area contributed by atoms with E-state index in [4.69, 9.17) is 5.73 Å². The Labute approximate surface area is 509 Å². The van der Waals surface area contributed by atoms with E-state index in [2.05, 4.69) is 94.7 Å². The molecular weight excluding hydrogens is 1230 g/mol. The first-order chi connectivity index (χ1) is 42.3. The molecule has 480 valence electrons. The van der Waals surface area contributed by atoms with Gasteiger partial charge in [0, 0.05) is 44.8 Å². The van der Waals surface area contributed by atoms with Crippen molar-refractivity contribution in [3.05, 3.63) is 28.5 Å². The minimum atomic E-state index is -1.63. The third-order valence-corrected chi connectivity index (χ3v) is 14.5. The quantitative estimate of drug-likeness (QED) is 0.108. The maximum Gasteiger partial charge on any atom is 0.327 e. The Balaban J connectivity index is 1.36. The Morgan fingerprint density at radius 3 is 1.24 bits per heavy atom. The highest BCUT2D eigenvalue weighted by molar-refractivity contribution is 7.99. The maximum atomic E-state index is 15.0. The van der Waals surface area contributed by atoms with E-state index in [-0.39, 0.29) is 45.0 Å². The molecule has 0 unspecified atom stereocenters. The minimum absolute atomic E-state index is 0.0236. The number of aliphatic carboxylic acids is 1. The lowest BCUT2D eigenvalue weighted by atomic mass is 10.1. The fourth-order valence-corrected chi connectivity index (χ4v) is 9.89. The van der Waals surface area contributed by atoms with Gasteiger partial charge in [0.1, 0.15) is 29.2 Å². The first-order valence-electron chi connectivity index (χ1n) is 26.3. The van der Waals surface area contributed by atoms with E-state index in [0.29, 0.717) is 11.8 Å². The molecule has 6 heterocycles. The van der Waals surface area contributed by atoms with Crippen LogP contribution in [-0.4, -0.2) is 274 Å². The summed E-state index contributed by atoms with van der Waals surface area (Å²) in [6.45, 7) is -8.97. The van der Waals surface area contributed by atoms with Crippen molar-refractivity contribution >= 4 is 118 Å². The number of carboxylic acids is 1. The molecule has 3 aromatic heterocycles. The van der Waals surface area contributed by atoms with Gasteiger partial charge in [-0.05, 0) is 0 Å². The van der Waals surface area contributed by atoms with E-state index < -0.39 is 210 Å². The smallest absolute Gasteiger partial charge is 0.327 e. The van der Waals surface area contributed by atoms with E-state index in [1.54, 1.807) is 0 Å². The molecular formula is C45H61N25O17S2. The van der Waals surface area contributed by atoms with Crippen molar-refractivity contribution < 1.29 is 81.8 Å². The second kappa shape index (κ2) is 31.8. The fraction of sp³-hybridized carbons (Fsp3) is 0.511. The van der Waals surface area contributed by atoms with E-state index in [1.165, 1.54) is 21.1 Å². The number of nitrogens with one attached hydrogen (secondary N) is 12. The van der Waals surface area contributed by atoms with Crippen LogP contribution in [0.2, 0.25) is 0 Å². The predicted molar refractivity (Wildman–Crippen MR) is 296 cm³/mol. The molecule has 15 amide bonds. The van der Waals surface area contributed by atoms with E-state index >= 15 is 4.79 Å². The third-order valence-electron chi connectivity index (χ3n) is 12.4. The Bertz CT molecular complexity index is 3300. The van der Waals surface area contributed by atoms with Crippen molar-refractivity contribution in [2.45, 2.75) is 35.3 Å². The number of hydrogen-bond donors (Lipinski definition) is 14. The number of fused-ring (bicyclic) bond motifs is 6. The van der Waals surface area contributed by atoms with Crippen molar-refractivity contribution in [3.63, 3.8) is 0 Å². The lowest BCUT2D eigenvalue weighted by Crippen LogP contribution is -2.60. The molecule has 3 aliphatic heterocycles. The molecule has 0 radical (unpaired) electrons. The summed E-state index contributed by atoms with van der Waals surface area (Å²) in [6.07, 6.45) is -0.480. The van der Waals surface area contributed by atoms with Gasteiger partial charge in [-0.15, -0.1) is 15.3 Å². The molecule has 3 atom stereocenters. The minimum Gasteiger partial charge on any atom is -0.480 e. The van der Waals surface area contributed by atoms with Crippen LogP contribution in [0.25, 0.3) is 0 Å². The number of amides is 15. The van der Waals surface area contributed by atoms with Gasteiger partial charge >= 0.3 is 5.97 Å². The van der Waals surface area contributed by atoms with Gasteiger partial charge in [-0.25, -0.2) is 18.8 Å². The average molecular weight is 1290 g/mol. The zero-order chi connectivity index (χ0) is 65.1. The summed E-state index contributed by atoms with van der Waals surface area (Å²) in [5.74, 6) is -16.3. The van der Waals surface area contributed by atoms with E-state index in [1.807, 2.05) is 0 Å². The van der Waals surface area contributed by atoms with Gasteiger partial charge in [0.2, 0.25) is 70.9 Å². The molecule has 0 saturated carbocycles. The van der Waals surface area contributed by atoms with Crippen molar-refractivity contribution in [2.24, 2.45) is 26.9 Å². The summed E-state index contributed by atoms with van der Waals surface area (Å²) in [6, 6.07) is -4.70. The van der Waals surface area contributed by atoms with Crippen molar-refractivity contribution in [1.29, 1.82) is 0 Å². The highest BCUT2D eigenvalue weighted by atomic mass is 32.2. The molecule has 4 bridgehead atoms. The van der Waals surface area contributed by atoms with Crippen LogP contribution in [0.3, 0.4) is 0 Å². The molecule has 42 nitrogen and oxygen atoms in total. The number of carbonyl (C=O) groups excluding carboxylic acids is 15. The Morgan fingerprint density at radius 2 is 0.798 bits per heavy atom. The molecule has 1 fully saturated rings. The molecule has 0 aliphatic carbocycles. The number of nitrogens with zero attached hydrogens (tertiary/aromatic N) is 12. The monoisotopic (exact) mass is 1290 g/mol. The van der Waals surface area contributed by atoms with Crippen LogP contribution in [0.15, 0.2) is 5.03 Å². The van der Waals surface area contributed by atoms with Gasteiger partial charge in [0.05, 0.1) is 97.2 Å². The summed E-state index contributed by atoms with van der Waals surface area (Å²) < 4.78 is 3.15. The average Bonchev–Trinajstić information content (AvgIpc) is 3.12. The van der Waals surface area contributed by atoms with Crippen LogP contribution < -0.4 is 69.5 Å². The van der Waals surface area contributed by atoms with Gasteiger partial charge in [-0.2, -0.15) is 11.8 Å². The zero-order valence-electron chi connectivity index (χ0n) is 47.5. The third kappa shape index (κ3) is 19.8. The molecule has 15 N–H and O–H groups in total. The molecule has 1 saturated heterocycles. The normalized spacial score (nSPS) is 21.3. The second-order valence-corrected chi connectivity index (χ2v) is 21.2. The lowest BCUT2D eigenvalue weighted by molar-refractivity contribution is -0.141. The molecule has 6 rings (SSSR count). The molecule has 0 spiro atoms. The highest BCUT2D eigenvalue weighted by Crippen LogP contribution is 2.26. The van der Waals surface area contributed by atoms with Crippen LogP contribution in [0.5, 0.6) is 0 Å². The topological polar surface area (TPSA) is 566 Å². The van der Waals surface area contributed by atoms with Gasteiger partial charge < -0.3 is 89.3 Å². The Kier molecular flexibility index (Phi) is 24.2. The van der Waals surface area contributed by atoms with Gasteiger partial charge in [0.15, 0.2) is 10.7 Å². The molecule has 89 heavy (non-hydrogen) atoms. The summed E-state index contributed by atoms with van der Waals surface area (Å²) in [5, 5.41) is 60.8. The van der Waals surface area contributed by atoms with Crippen molar-refractivity contribution in [1.82, 2.24) is 123 Å². The largest absolute Gasteiger partial charge is 0.480 e. The number of carbonyl (C=O) groups is 16. The van der Waals surface area contributed by atoms with Crippen LogP contribution in [-0.2, 0) is 95.6 Å². The van der Waals surface area contributed by atoms with Gasteiger partial charge in [-0.1, -0.05) is 27.4 Å². The highest BCUT2D eigenvalue weighted by Gasteiger charge is 2.39. The van der Waals surface area contributed by atoms with Crippen LogP contribution in [0, 0.1) is 0 Å². The van der Waals surface area contributed by atoms with Crippen LogP contribution >= 0.6 is 23.5 Å². The number of aromatic nitrogens is 9. The van der Waals surface area contributed by atoms with Crippen molar-refractivity contribution in [2.75, 3.05) is 97.0 Å². The number of carboxylic acid groups (broad SMARTS) is 1. The maximum absolute atomic E-state index is 15.0. The number of rotatable bonds is 1. The first-order valence-corrected chi connectivity index (χ1v) is 28.4. The first kappa shape index (κ1) is 67.7. The number of aryl methyl sites for hydroxylation is 3. The van der Waals surface area contributed by atoms with Crippen molar-refractivity contribution in [3.8, 4) is 0 Å². The second-order valence-electron chi connectivity index (χ2n) is 19.2. The number of hydrogen-bond acceptors (Lipinski definition) is 25. The van der Waals surface area contributed by atoms with Gasteiger partial charge in [0.25, 0.3) is 17.7 Å². The number of thioether (sulfide) groups is 2. The Morgan fingerprint density at radius 1 is 0.449 bits per heavy atom. The van der Waals surface area contributed by atoms with Crippen LogP contribution in [0.1, 0.15) is 42.9 Å². The number of nitrogens with two attached hydrogens (primary N) is 1. The Hall–Kier alpha value is -10.4. The summed E-state index contributed by atoms with van der Waals surface area (Å²) >= 11 is 1.57.